The average Bonchev–Trinajstić information content (AvgIpc) is 2.98. The molecule has 0 amide bonds. The number of alkyl halides is 3. The van der Waals surface area contributed by atoms with Crippen LogP contribution in [0.1, 0.15) is 17.9 Å². The largest absolute Gasteiger partial charge is 0.481 e. The van der Waals surface area contributed by atoms with Gasteiger partial charge in [-0.3, -0.25) is 0 Å². The van der Waals surface area contributed by atoms with Crippen LogP contribution in [-0.2, 0) is 19.1 Å². The van der Waals surface area contributed by atoms with Gasteiger partial charge in [-0.15, -0.1) is 0 Å². The fraction of sp³-hybridized carbons (Fsp3) is 0.533. The van der Waals surface area contributed by atoms with Crippen LogP contribution in [0, 0.1) is 5.92 Å². The van der Waals surface area contributed by atoms with Gasteiger partial charge in [0.2, 0.25) is 11.8 Å². The van der Waals surface area contributed by atoms with Crippen LogP contribution in [0.3, 0.4) is 0 Å². The van der Waals surface area contributed by atoms with Crippen LogP contribution in [0.5, 0.6) is 5.88 Å². The molecular formula is C15H18F3N5O. The zero-order chi connectivity index (χ0) is 17.3. The number of imidazole rings is 1. The maximum atomic E-state index is 12.8. The lowest BCUT2D eigenvalue weighted by Gasteiger charge is -2.28. The van der Waals surface area contributed by atoms with Crippen molar-refractivity contribution in [3.05, 3.63) is 30.0 Å². The molecule has 2 aromatic heterocycles. The molecule has 1 aliphatic rings. The van der Waals surface area contributed by atoms with Gasteiger partial charge >= 0.3 is 6.18 Å². The Hall–Kier alpha value is -2.32. The smallest absolute Gasteiger partial charge is 0.434 e. The van der Waals surface area contributed by atoms with Crippen LogP contribution in [-0.4, -0.2) is 40.2 Å². The summed E-state index contributed by atoms with van der Waals surface area (Å²) in [5.41, 5.74) is -0.817. The Morgan fingerprint density at radius 3 is 2.88 bits per heavy atom. The molecule has 6 nitrogen and oxygen atoms in total. The van der Waals surface area contributed by atoms with Crippen LogP contribution in [0.15, 0.2) is 18.5 Å². The summed E-state index contributed by atoms with van der Waals surface area (Å²) in [5, 5.41) is 0. The second-order valence-electron chi connectivity index (χ2n) is 5.88. The molecular weight excluding hydrogens is 323 g/mol. The van der Waals surface area contributed by atoms with E-state index in [9.17, 15) is 13.2 Å². The molecule has 0 fully saturated rings. The van der Waals surface area contributed by atoms with Gasteiger partial charge in [0, 0.05) is 45.0 Å². The molecule has 1 atom stereocenters. The van der Waals surface area contributed by atoms with Crippen LogP contribution in [0.25, 0.3) is 0 Å². The Labute approximate surface area is 137 Å². The van der Waals surface area contributed by atoms with E-state index in [0.29, 0.717) is 37.2 Å². The quantitative estimate of drug-likeness (QED) is 0.855. The first-order valence-corrected chi connectivity index (χ1v) is 7.58. The molecule has 0 aromatic carbocycles. The van der Waals surface area contributed by atoms with Gasteiger partial charge in [0.15, 0.2) is 5.69 Å². The summed E-state index contributed by atoms with van der Waals surface area (Å²) in [4.78, 5) is 14.1. The average molecular weight is 341 g/mol. The lowest BCUT2D eigenvalue weighted by atomic mass is 9.99. The Morgan fingerprint density at radius 2 is 2.17 bits per heavy atom. The summed E-state index contributed by atoms with van der Waals surface area (Å²) in [6, 6.07) is 1.66. The van der Waals surface area contributed by atoms with Gasteiger partial charge in [0.1, 0.15) is 5.82 Å². The van der Waals surface area contributed by atoms with Crippen molar-refractivity contribution in [2.45, 2.75) is 25.6 Å². The van der Waals surface area contributed by atoms with Gasteiger partial charge < -0.3 is 14.2 Å². The van der Waals surface area contributed by atoms with Crippen molar-refractivity contribution in [2.24, 2.45) is 5.92 Å². The number of halogens is 3. The van der Waals surface area contributed by atoms with Crippen molar-refractivity contribution >= 4 is 5.95 Å². The zero-order valence-corrected chi connectivity index (χ0v) is 13.4. The number of hydrogen-bond acceptors (Lipinski definition) is 5. The molecule has 0 saturated heterocycles. The van der Waals surface area contributed by atoms with E-state index >= 15 is 0 Å². The first-order chi connectivity index (χ1) is 11.4. The predicted molar refractivity (Wildman–Crippen MR) is 80.9 cm³/mol. The van der Waals surface area contributed by atoms with E-state index in [1.807, 2.05) is 11.9 Å². The lowest BCUT2D eigenvalue weighted by molar-refractivity contribution is -0.141. The number of hydrogen-bond donors (Lipinski definition) is 0. The van der Waals surface area contributed by atoms with E-state index in [0.717, 1.165) is 12.6 Å². The molecule has 0 N–H and O–H groups in total. The minimum atomic E-state index is -4.40. The SMILES string of the molecule is COc1ccnc(N(C)C[C@@H]2CCc3nc(C(F)(F)F)cn3C2)n1. The number of rotatable bonds is 4. The highest BCUT2D eigenvalue weighted by Gasteiger charge is 2.35. The van der Waals surface area contributed by atoms with Crippen molar-refractivity contribution < 1.29 is 17.9 Å². The number of anilines is 1. The van der Waals surface area contributed by atoms with Gasteiger partial charge in [0.05, 0.1) is 7.11 Å². The van der Waals surface area contributed by atoms with E-state index < -0.39 is 11.9 Å². The normalized spacial score (nSPS) is 17.5. The molecule has 0 radical (unpaired) electrons. The molecule has 0 aliphatic carbocycles. The number of fused-ring (bicyclic) bond motifs is 1. The minimum absolute atomic E-state index is 0.201. The third-order valence-corrected chi connectivity index (χ3v) is 4.08. The van der Waals surface area contributed by atoms with Crippen molar-refractivity contribution in [2.75, 3.05) is 25.6 Å². The Kier molecular flexibility index (Phi) is 4.33. The number of methoxy groups -OCH3 is 1. The van der Waals surface area contributed by atoms with Crippen LogP contribution >= 0.6 is 0 Å². The van der Waals surface area contributed by atoms with Gasteiger partial charge in [-0.2, -0.15) is 18.2 Å². The molecule has 9 heteroatoms. The highest BCUT2D eigenvalue weighted by Crippen LogP contribution is 2.31. The van der Waals surface area contributed by atoms with Crippen molar-refractivity contribution in [1.29, 1.82) is 0 Å². The minimum Gasteiger partial charge on any atom is -0.481 e. The summed E-state index contributed by atoms with van der Waals surface area (Å²) in [6.07, 6.45) is -0.368. The summed E-state index contributed by atoms with van der Waals surface area (Å²) in [5.74, 6) is 1.70. The van der Waals surface area contributed by atoms with E-state index in [4.69, 9.17) is 4.74 Å². The first kappa shape index (κ1) is 16.5. The van der Waals surface area contributed by atoms with E-state index in [-0.39, 0.29) is 5.92 Å². The molecule has 3 heterocycles. The zero-order valence-electron chi connectivity index (χ0n) is 13.4. The standard InChI is InChI=1S/C15H18F3N5O/c1-22(14-19-6-5-13(21-14)24-2)7-10-3-4-12-20-11(15(16,17)18)9-23(12)8-10/h5-6,9-10H,3-4,7-8H2,1-2H3/t10-/m0/s1. The van der Waals surface area contributed by atoms with Gasteiger partial charge in [-0.05, 0) is 12.3 Å². The molecule has 24 heavy (non-hydrogen) atoms. The molecule has 130 valence electrons. The van der Waals surface area contributed by atoms with Crippen LogP contribution in [0.2, 0.25) is 0 Å². The van der Waals surface area contributed by atoms with Crippen molar-refractivity contribution in [3.63, 3.8) is 0 Å². The van der Waals surface area contributed by atoms with E-state index in [2.05, 4.69) is 15.0 Å². The van der Waals surface area contributed by atoms with Gasteiger partial charge in [0.25, 0.3) is 0 Å². The fourth-order valence-corrected chi connectivity index (χ4v) is 2.90. The molecule has 3 rings (SSSR count). The van der Waals surface area contributed by atoms with Crippen LogP contribution in [0.4, 0.5) is 19.1 Å². The number of aryl methyl sites for hydroxylation is 1. The molecule has 0 bridgehead atoms. The third-order valence-electron chi connectivity index (χ3n) is 4.08. The van der Waals surface area contributed by atoms with Gasteiger partial charge in [-0.25, -0.2) is 9.97 Å². The number of ether oxygens (including phenoxy) is 1. The second-order valence-corrected chi connectivity index (χ2v) is 5.88. The maximum absolute atomic E-state index is 12.8. The highest BCUT2D eigenvalue weighted by atomic mass is 19.4. The van der Waals surface area contributed by atoms with Crippen LogP contribution < -0.4 is 9.64 Å². The summed E-state index contributed by atoms with van der Waals surface area (Å²) in [7, 11) is 3.39. The molecule has 2 aromatic rings. The maximum Gasteiger partial charge on any atom is 0.434 e. The van der Waals surface area contributed by atoms with E-state index in [1.54, 1.807) is 16.8 Å². The number of nitrogens with zero attached hydrogens (tertiary/aromatic N) is 5. The Balaban J connectivity index is 1.68. The molecule has 1 aliphatic heterocycles. The topological polar surface area (TPSA) is 56.1 Å². The fourth-order valence-electron chi connectivity index (χ4n) is 2.90. The summed E-state index contributed by atoms with van der Waals surface area (Å²) in [6.45, 7) is 1.15. The predicted octanol–water partition coefficient (Wildman–Crippen LogP) is 2.40. The third kappa shape index (κ3) is 3.44. The lowest BCUT2D eigenvalue weighted by Crippen LogP contribution is -2.32. The Morgan fingerprint density at radius 1 is 1.38 bits per heavy atom. The van der Waals surface area contributed by atoms with Crippen molar-refractivity contribution in [1.82, 2.24) is 19.5 Å². The Bertz CT molecular complexity index is 715. The molecule has 0 saturated carbocycles. The summed E-state index contributed by atoms with van der Waals surface area (Å²) < 4.78 is 45.0. The number of aromatic nitrogens is 4. The highest BCUT2D eigenvalue weighted by molar-refractivity contribution is 5.30. The summed E-state index contributed by atoms with van der Waals surface area (Å²) >= 11 is 0. The first-order valence-electron chi connectivity index (χ1n) is 7.58. The van der Waals surface area contributed by atoms with Crippen molar-refractivity contribution in [3.8, 4) is 5.88 Å². The molecule has 0 spiro atoms. The monoisotopic (exact) mass is 341 g/mol. The molecule has 0 unspecified atom stereocenters. The second kappa shape index (κ2) is 6.29. The van der Waals surface area contributed by atoms with Gasteiger partial charge in [-0.1, -0.05) is 0 Å². The van der Waals surface area contributed by atoms with E-state index in [1.165, 1.54) is 7.11 Å².